The molecule has 0 radical (unpaired) electrons. The molecule has 0 aliphatic heterocycles. The molecule has 3 atom stereocenters. The van der Waals surface area contributed by atoms with E-state index >= 15 is 0 Å². The van der Waals surface area contributed by atoms with E-state index in [2.05, 4.69) is 19.2 Å². The molecular weight excluding hydrogens is 241 g/mol. The summed E-state index contributed by atoms with van der Waals surface area (Å²) in [7, 11) is 0. The first-order chi connectivity index (χ1) is 8.99. The van der Waals surface area contributed by atoms with E-state index in [1.165, 1.54) is 0 Å². The standard InChI is InChI=1S/C16H22FNO/c1-10-7-8-13(9-12(10)3)18-16(19)14-6-4-5-11(2)15(14)17/h4-6,10,12-13H,7-9H2,1-3H3,(H,18,19). The summed E-state index contributed by atoms with van der Waals surface area (Å²) in [5.41, 5.74) is 0.671. The van der Waals surface area contributed by atoms with Gasteiger partial charge in [-0.05, 0) is 49.7 Å². The summed E-state index contributed by atoms with van der Waals surface area (Å²) < 4.78 is 13.9. The molecule has 1 saturated carbocycles. The number of aryl methyl sites for hydroxylation is 1. The van der Waals surface area contributed by atoms with Gasteiger partial charge in [0.05, 0.1) is 5.56 Å². The van der Waals surface area contributed by atoms with Gasteiger partial charge in [-0.3, -0.25) is 4.79 Å². The molecule has 0 aromatic heterocycles. The zero-order valence-electron chi connectivity index (χ0n) is 11.9. The van der Waals surface area contributed by atoms with Crippen LogP contribution in [-0.2, 0) is 0 Å². The van der Waals surface area contributed by atoms with Crippen LogP contribution in [0.25, 0.3) is 0 Å². The minimum absolute atomic E-state index is 0.159. The van der Waals surface area contributed by atoms with Gasteiger partial charge in [0.15, 0.2) is 0 Å². The second kappa shape index (κ2) is 5.72. The lowest BCUT2D eigenvalue weighted by Crippen LogP contribution is -2.40. The number of carbonyl (C=O) groups excluding carboxylic acids is 1. The van der Waals surface area contributed by atoms with Crippen LogP contribution in [0, 0.1) is 24.6 Å². The summed E-state index contributed by atoms with van der Waals surface area (Å²) in [6.07, 6.45) is 3.10. The normalized spacial score (nSPS) is 27.1. The Morgan fingerprint density at radius 1 is 1.26 bits per heavy atom. The highest BCUT2D eigenvalue weighted by molar-refractivity contribution is 5.94. The van der Waals surface area contributed by atoms with Gasteiger partial charge in [0.25, 0.3) is 5.91 Å². The molecule has 104 valence electrons. The maximum Gasteiger partial charge on any atom is 0.254 e. The number of amides is 1. The minimum atomic E-state index is -0.405. The molecule has 0 bridgehead atoms. The second-order valence-electron chi connectivity index (χ2n) is 5.87. The van der Waals surface area contributed by atoms with Crippen LogP contribution in [-0.4, -0.2) is 11.9 Å². The molecule has 19 heavy (non-hydrogen) atoms. The van der Waals surface area contributed by atoms with Crippen LogP contribution in [0.4, 0.5) is 4.39 Å². The number of halogens is 1. The Morgan fingerprint density at radius 2 is 2.00 bits per heavy atom. The van der Waals surface area contributed by atoms with E-state index < -0.39 is 5.82 Å². The van der Waals surface area contributed by atoms with Crippen molar-refractivity contribution in [2.24, 2.45) is 11.8 Å². The number of rotatable bonds is 2. The molecule has 3 heteroatoms. The molecule has 0 heterocycles. The molecule has 1 aromatic rings. The van der Waals surface area contributed by atoms with Gasteiger partial charge >= 0.3 is 0 Å². The minimum Gasteiger partial charge on any atom is -0.349 e. The maximum absolute atomic E-state index is 13.9. The summed E-state index contributed by atoms with van der Waals surface area (Å²) in [5, 5.41) is 2.98. The maximum atomic E-state index is 13.9. The summed E-state index contributed by atoms with van der Waals surface area (Å²) in [5.74, 6) is 0.635. The van der Waals surface area contributed by atoms with Crippen LogP contribution < -0.4 is 5.32 Å². The van der Waals surface area contributed by atoms with Gasteiger partial charge < -0.3 is 5.32 Å². The molecule has 1 aliphatic carbocycles. The number of hydrogen-bond acceptors (Lipinski definition) is 1. The molecule has 1 amide bonds. The molecule has 2 rings (SSSR count). The van der Waals surface area contributed by atoms with E-state index in [1.54, 1.807) is 25.1 Å². The highest BCUT2D eigenvalue weighted by Gasteiger charge is 2.26. The largest absolute Gasteiger partial charge is 0.349 e. The van der Waals surface area contributed by atoms with Crippen molar-refractivity contribution in [3.05, 3.63) is 35.1 Å². The van der Waals surface area contributed by atoms with Gasteiger partial charge in [-0.1, -0.05) is 26.0 Å². The van der Waals surface area contributed by atoms with Gasteiger partial charge in [0.1, 0.15) is 5.82 Å². The van der Waals surface area contributed by atoms with Crippen molar-refractivity contribution in [1.29, 1.82) is 0 Å². The third-order valence-corrected chi connectivity index (χ3v) is 4.37. The fourth-order valence-corrected chi connectivity index (χ4v) is 2.76. The lowest BCUT2D eigenvalue weighted by atomic mass is 9.79. The number of carbonyl (C=O) groups is 1. The van der Waals surface area contributed by atoms with Crippen LogP contribution >= 0.6 is 0 Å². The molecule has 2 nitrogen and oxygen atoms in total. The molecule has 3 unspecified atom stereocenters. The second-order valence-corrected chi connectivity index (χ2v) is 5.87. The van der Waals surface area contributed by atoms with Crippen LogP contribution in [0.15, 0.2) is 18.2 Å². The number of hydrogen-bond donors (Lipinski definition) is 1. The zero-order valence-corrected chi connectivity index (χ0v) is 11.9. The molecule has 0 saturated heterocycles. The van der Waals surface area contributed by atoms with Crippen LogP contribution in [0.2, 0.25) is 0 Å². The first-order valence-corrected chi connectivity index (χ1v) is 7.05. The van der Waals surface area contributed by atoms with Crippen molar-refractivity contribution in [2.75, 3.05) is 0 Å². The molecule has 1 N–H and O–H groups in total. The summed E-state index contributed by atoms with van der Waals surface area (Å²) >= 11 is 0. The number of nitrogens with one attached hydrogen (secondary N) is 1. The Labute approximate surface area is 114 Å². The van der Waals surface area contributed by atoms with Crippen molar-refractivity contribution in [3.8, 4) is 0 Å². The van der Waals surface area contributed by atoms with Crippen molar-refractivity contribution in [2.45, 2.75) is 46.1 Å². The summed E-state index contributed by atoms with van der Waals surface area (Å²) in [6.45, 7) is 6.15. The van der Waals surface area contributed by atoms with Gasteiger partial charge in [-0.2, -0.15) is 0 Å². The van der Waals surface area contributed by atoms with Gasteiger partial charge in [-0.15, -0.1) is 0 Å². The average molecular weight is 263 g/mol. The fraction of sp³-hybridized carbons (Fsp3) is 0.562. The van der Waals surface area contributed by atoms with E-state index in [9.17, 15) is 9.18 Å². The average Bonchev–Trinajstić information content (AvgIpc) is 2.37. The summed E-state index contributed by atoms with van der Waals surface area (Å²) in [4.78, 5) is 12.1. The highest BCUT2D eigenvalue weighted by Crippen LogP contribution is 2.29. The van der Waals surface area contributed by atoms with Gasteiger partial charge in [0, 0.05) is 6.04 Å². The van der Waals surface area contributed by atoms with Crippen molar-refractivity contribution in [1.82, 2.24) is 5.32 Å². The van der Waals surface area contributed by atoms with E-state index in [0.29, 0.717) is 17.4 Å². The van der Waals surface area contributed by atoms with Crippen LogP contribution in [0.5, 0.6) is 0 Å². The monoisotopic (exact) mass is 263 g/mol. The Hall–Kier alpha value is -1.38. The van der Waals surface area contributed by atoms with Crippen molar-refractivity contribution >= 4 is 5.91 Å². The lowest BCUT2D eigenvalue weighted by molar-refractivity contribution is 0.0906. The highest BCUT2D eigenvalue weighted by atomic mass is 19.1. The Balaban J connectivity index is 2.03. The Bertz CT molecular complexity index is 472. The van der Waals surface area contributed by atoms with Crippen LogP contribution in [0.3, 0.4) is 0 Å². The van der Waals surface area contributed by atoms with Crippen molar-refractivity contribution < 1.29 is 9.18 Å². The van der Waals surface area contributed by atoms with E-state index in [0.717, 1.165) is 19.3 Å². The predicted octanol–water partition coefficient (Wildman–Crippen LogP) is 3.69. The van der Waals surface area contributed by atoms with Gasteiger partial charge in [-0.25, -0.2) is 4.39 Å². The quantitative estimate of drug-likeness (QED) is 0.866. The van der Waals surface area contributed by atoms with E-state index in [4.69, 9.17) is 0 Å². The van der Waals surface area contributed by atoms with E-state index in [1.807, 2.05) is 0 Å². The van der Waals surface area contributed by atoms with Crippen LogP contribution in [0.1, 0.15) is 49.0 Å². The SMILES string of the molecule is Cc1cccc(C(=O)NC2CCC(C)C(C)C2)c1F. The third-order valence-electron chi connectivity index (χ3n) is 4.37. The first-order valence-electron chi connectivity index (χ1n) is 7.05. The predicted molar refractivity (Wildman–Crippen MR) is 74.6 cm³/mol. The van der Waals surface area contributed by atoms with Gasteiger partial charge in [0.2, 0.25) is 0 Å². The number of benzene rings is 1. The lowest BCUT2D eigenvalue weighted by Gasteiger charge is -2.32. The smallest absolute Gasteiger partial charge is 0.254 e. The van der Waals surface area contributed by atoms with E-state index in [-0.39, 0.29) is 17.5 Å². The molecule has 1 fully saturated rings. The molecule has 1 aliphatic rings. The first kappa shape index (κ1) is 14.0. The Kier molecular flexibility index (Phi) is 4.23. The zero-order chi connectivity index (χ0) is 14.0. The fourth-order valence-electron chi connectivity index (χ4n) is 2.76. The third kappa shape index (κ3) is 3.14. The topological polar surface area (TPSA) is 29.1 Å². The molecule has 1 aromatic carbocycles. The molecular formula is C16H22FNO. The Morgan fingerprint density at radius 3 is 2.68 bits per heavy atom. The van der Waals surface area contributed by atoms with Crippen molar-refractivity contribution in [3.63, 3.8) is 0 Å². The summed E-state index contributed by atoms with van der Waals surface area (Å²) in [6, 6.07) is 5.13. The molecule has 0 spiro atoms.